The van der Waals surface area contributed by atoms with Gasteiger partial charge in [0.05, 0.1) is 5.69 Å². The Morgan fingerprint density at radius 2 is 1.95 bits per heavy atom. The molecule has 2 nitrogen and oxygen atoms in total. The number of benzene rings is 1. The van der Waals surface area contributed by atoms with Gasteiger partial charge in [-0.3, -0.25) is 0 Å². The van der Waals surface area contributed by atoms with E-state index in [4.69, 9.17) is 4.98 Å². The minimum absolute atomic E-state index is 0.585. The molecule has 1 aliphatic carbocycles. The molecule has 106 valence electrons. The SMILES string of the molecule is CNCc1sc(-c2ccc(C(C)C)cc2)nc1C1CC1. The second-order valence-electron chi connectivity index (χ2n) is 5.91. The van der Waals surface area contributed by atoms with Gasteiger partial charge in [0.15, 0.2) is 0 Å². The van der Waals surface area contributed by atoms with Crippen LogP contribution in [0, 0.1) is 0 Å². The lowest BCUT2D eigenvalue weighted by molar-refractivity contribution is 0.813. The van der Waals surface area contributed by atoms with E-state index >= 15 is 0 Å². The van der Waals surface area contributed by atoms with E-state index in [9.17, 15) is 0 Å². The zero-order chi connectivity index (χ0) is 14.1. The third-order valence-electron chi connectivity index (χ3n) is 3.85. The maximum Gasteiger partial charge on any atom is 0.123 e. The fourth-order valence-electron chi connectivity index (χ4n) is 2.46. The monoisotopic (exact) mass is 286 g/mol. The van der Waals surface area contributed by atoms with Crippen LogP contribution in [-0.4, -0.2) is 12.0 Å². The predicted molar refractivity (Wildman–Crippen MR) is 86.4 cm³/mol. The summed E-state index contributed by atoms with van der Waals surface area (Å²) in [6.45, 7) is 5.40. The van der Waals surface area contributed by atoms with Gasteiger partial charge in [-0.2, -0.15) is 0 Å². The largest absolute Gasteiger partial charge is 0.315 e. The van der Waals surface area contributed by atoms with E-state index in [2.05, 4.69) is 43.4 Å². The summed E-state index contributed by atoms with van der Waals surface area (Å²) >= 11 is 1.85. The van der Waals surface area contributed by atoms with Gasteiger partial charge in [-0.15, -0.1) is 11.3 Å². The van der Waals surface area contributed by atoms with Crippen molar-refractivity contribution in [2.45, 2.75) is 45.1 Å². The first-order valence-electron chi connectivity index (χ1n) is 7.43. The van der Waals surface area contributed by atoms with Crippen LogP contribution in [0.2, 0.25) is 0 Å². The van der Waals surface area contributed by atoms with Gasteiger partial charge in [0.1, 0.15) is 5.01 Å². The molecule has 2 aromatic rings. The van der Waals surface area contributed by atoms with Gasteiger partial charge >= 0.3 is 0 Å². The highest BCUT2D eigenvalue weighted by Crippen LogP contribution is 2.44. The van der Waals surface area contributed by atoms with Gasteiger partial charge in [-0.1, -0.05) is 38.1 Å². The first kappa shape index (κ1) is 13.8. The van der Waals surface area contributed by atoms with Crippen LogP contribution in [-0.2, 0) is 6.54 Å². The Kier molecular flexibility index (Phi) is 3.90. The maximum absolute atomic E-state index is 4.91. The molecular formula is C17H22N2S. The van der Waals surface area contributed by atoms with Crippen LogP contribution in [0.4, 0.5) is 0 Å². The fraction of sp³-hybridized carbons (Fsp3) is 0.471. The van der Waals surface area contributed by atoms with Gasteiger partial charge in [0.2, 0.25) is 0 Å². The first-order valence-corrected chi connectivity index (χ1v) is 8.25. The Morgan fingerprint density at radius 1 is 1.25 bits per heavy atom. The Hall–Kier alpha value is -1.19. The Balaban J connectivity index is 1.91. The summed E-state index contributed by atoms with van der Waals surface area (Å²) in [5, 5.41) is 4.44. The van der Waals surface area contributed by atoms with E-state index in [-0.39, 0.29) is 0 Å². The highest BCUT2D eigenvalue weighted by Gasteiger charge is 2.29. The van der Waals surface area contributed by atoms with Crippen molar-refractivity contribution < 1.29 is 0 Å². The molecule has 0 bridgehead atoms. The molecule has 0 radical (unpaired) electrons. The number of nitrogens with zero attached hydrogens (tertiary/aromatic N) is 1. The second kappa shape index (κ2) is 5.66. The van der Waals surface area contributed by atoms with Crippen molar-refractivity contribution in [3.63, 3.8) is 0 Å². The number of hydrogen-bond donors (Lipinski definition) is 1. The molecule has 0 amide bonds. The smallest absolute Gasteiger partial charge is 0.123 e. The number of thiazole rings is 1. The number of hydrogen-bond acceptors (Lipinski definition) is 3. The molecule has 1 N–H and O–H groups in total. The van der Waals surface area contributed by atoms with Gasteiger partial charge in [0, 0.05) is 22.9 Å². The van der Waals surface area contributed by atoms with Crippen molar-refractivity contribution in [3.8, 4) is 10.6 Å². The predicted octanol–water partition coefficient (Wildman–Crippen LogP) is 4.53. The minimum Gasteiger partial charge on any atom is -0.315 e. The standard InChI is InChI=1S/C17H22N2S/c1-11(2)12-4-8-14(9-5-12)17-19-16(13-6-7-13)15(20-17)10-18-3/h4-5,8-9,11,13,18H,6-7,10H2,1-3H3. The molecule has 0 aliphatic heterocycles. The molecule has 0 unspecified atom stereocenters. The fourth-order valence-corrected chi connectivity index (χ4v) is 3.63. The molecule has 0 atom stereocenters. The molecule has 1 saturated carbocycles. The maximum atomic E-state index is 4.91. The van der Waals surface area contributed by atoms with Gasteiger partial charge < -0.3 is 5.32 Å². The molecule has 20 heavy (non-hydrogen) atoms. The van der Waals surface area contributed by atoms with Gasteiger partial charge in [0.25, 0.3) is 0 Å². The molecule has 1 heterocycles. The van der Waals surface area contributed by atoms with Crippen LogP contribution in [0.1, 0.15) is 54.7 Å². The molecule has 0 saturated heterocycles. The lowest BCUT2D eigenvalue weighted by Gasteiger charge is -2.05. The summed E-state index contributed by atoms with van der Waals surface area (Å²) in [6.07, 6.45) is 2.62. The van der Waals surface area contributed by atoms with E-state index in [0.29, 0.717) is 5.92 Å². The minimum atomic E-state index is 0.585. The quantitative estimate of drug-likeness (QED) is 0.873. The molecule has 1 aromatic heterocycles. The van der Waals surface area contributed by atoms with Gasteiger partial charge in [-0.25, -0.2) is 4.98 Å². The van der Waals surface area contributed by atoms with Crippen LogP contribution < -0.4 is 5.32 Å². The zero-order valence-corrected chi connectivity index (χ0v) is 13.3. The normalized spacial score (nSPS) is 15.0. The van der Waals surface area contributed by atoms with E-state index in [1.807, 2.05) is 18.4 Å². The zero-order valence-electron chi connectivity index (χ0n) is 12.4. The summed E-state index contributed by atoms with van der Waals surface area (Å²) in [5.41, 5.74) is 3.99. The highest BCUT2D eigenvalue weighted by atomic mass is 32.1. The highest BCUT2D eigenvalue weighted by molar-refractivity contribution is 7.15. The number of nitrogens with one attached hydrogen (secondary N) is 1. The molecule has 1 fully saturated rings. The number of aromatic nitrogens is 1. The van der Waals surface area contributed by atoms with E-state index < -0.39 is 0 Å². The van der Waals surface area contributed by atoms with Crippen LogP contribution in [0.5, 0.6) is 0 Å². The summed E-state index contributed by atoms with van der Waals surface area (Å²) in [6, 6.07) is 8.90. The Morgan fingerprint density at radius 3 is 2.50 bits per heavy atom. The van der Waals surface area contributed by atoms with E-state index in [0.717, 1.165) is 12.5 Å². The summed E-state index contributed by atoms with van der Waals surface area (Å²) in [4.78, 5) is 6.33. The Labute approximate surface area is 125 Å². The summed E-state index contributed by atoms with van der Waals surface area (Å²) < 4.78 is 0. The average molecular weight is 286 g/mol. The molecule has 1 aliphatic rings. The van der Waals surface area contributed by atoms with Crippen LogP contribution >= 0.6 is 11.3 Å². The Bertz CT molecular complexity index is 580. The van der Waals surface area contributed by atoms with Crippen LogP contribution in [0.3, 0.4) is 0 Å². The number of rotatable bonds is 5. The molecule has 3 rings (SSSR count). The van der Waals surface area contributed by atoms with E-state index in [1.54, 1.807) is 0 Å². The van der Waals surface area contributed by atoms with Crippen LogP contribution in [0.15, 0.2) is 24.3 Å². The second-order valence-corrected chi connectivity index (χ2v) is 6.99. The van der Waals surface area contributed by atoms with Crippen molar-refractivity contribution in [2.24, 2.45) is 0 Å². The molecule has 0 spiro atoms. The first-order chi connectivity index (χ1) is 9.69. The summed E-state index contributed by atoms with van der Waals surface area (Å²) in [7, 11) is 2.01. The molecular weight excluding hydrogens is 264 g/mol. The molecule has 1 aromatic carbocycles. The van der Waals surface area contributed by atoms with Crippen molar-refractivity contribution in [1.29, 1.82) is 0 Å². The topological polar surface area (TPSA) is 24.9 Å². The van der Waals surface area contributed by atoms with Crippen molar-refractivity contribution in [1.82, 2.24) is 10.3 Å². The molecule has 3 heteroatoms. The average Bonchev–Trinajstić information content (AvgIpc) is 3.21. The summed E-state index contributed by atoms with van der Waals surface area (Å²) in [5.74, 6) is 1.31. The van der Waals surface area contributed by atoms with Crippen molar-refractivity contribution in [3.05, 3.63) is 40.4 Å². The third kappa shape index (κ3) is 2.79. The van der Waals surface area contributed by atoms with E-state index in [1.165, 1.54) is 39.5 Å². The lowest BCUT2D eigenvalue weighted by atomic mass is 10.0. The lowest BCUT2D eigenvalue weighted by Crippen LogP contribution is -2.05. The van der Waals surface area contributed by atoms with Crippen molar-refractivity contribution in [2.75, 3.05) is 7.05 Å². The van der Waals surface area contributed by atoms with Gasteiger partial charge in [-0.05, 0) is 31.4 Å². The van der Waals surface area contributed by atoms with Crippen molar-refractivity contribution >= 4 is 11.3 Å². The third-order valence-corrected chi connectivity index (χ3v) is 4.97. The van der Waals surface area contributed by atoms with Crippen LogP contribution in [0.25, 0.3) is 10.6 Å².